The molecule has 2 saturated carbocycles. The second-order valence-electron chi connectivity index (χ2n) is 11.8. The number of hydrogen-bond donors (Lipinski definition) is 2. The molecule has 3 N–H and O–H groups in total. The number of hydrogen-bond acceptors (Lipinski definition) is 2. The van der Waals surface area contributed by atoms with Gasteiger partial charge in [0.2, 0.25) is 0 Å². The molecule has 3 aromatic rings. The van der Waals surface area contributed by atoms with Crippen molar-refractivity contribution in [3.05, 3.63) is 88.0 Å². The Morgan fingerprint density at radius 1 is 0.973 bits per heavy atom. The molecule has 2 unspecified atom stereocenters. The van der Waals surface area contributed by atoms with Crippen molar-refractivity contribution in [3.8, 4) is 0 Å². The molecular weight excluding hydrogens is 450 g/mol. The van der Waals surface area contributed by atoms with Crippen LogP contribution < -0.4 is 5.73 Å². The van der Waals surface area contributed by atoms with Crippen LogP contribution in [-0.4, -0.2) is 18.1 Å². The number of rotatable bonds is 6. The first-order valence-electron chi connectivity index (χ1n) is 14.3. The van der Waals surface area contributed by atoms with Gasteiger partial charge in [-0.05, 0) is 94.2 Å². The number of allylic oxidation sites excluding steroid dienone is 1. The topological polar surface area (TPSA) is 62.2 Å². The lowest BCUT2D eigenvalue weighted by Crippen LogP contribution is -2.24. The van der Waals surface area contributed by atoms with Gasteiger partial charge in [0.25, 0.3) is 0 Å². The fourth-order valence-corrected chi connectivity index (χ4v) is 6.55. The van der Waals surface area contributed by atoms with Gasteiger partial charge in [0, 0.05) is 23.7 Å². The van der Waals surface area contributed by atoms with E-state index in [1.807, 2.05) is 6.07 Å². The van der Waals surface area contributed by atoms with Crippen molar-refractivity contribution in [1.82, 2.24) is 0 Å². The number of amidine groups is 1. The molecule has 3 nitrogen and oxygen atoms in total. The minimum atomic E-state index is 0.121. The summed E-state index contributed by atoms with van der Waals surface area (Å²) in [7, 11) is 0. The molecule has 0 saturated heterocycles. The lowest BCUT2D eigenvalue weighted by atomic mass is 9.80. The Morgan fingerprint density at radius 2 is 1.78 bits per heavy atom. The third-order valence-corrected chi connectivity index (χ3v) is 8.69. The largest absolute Gasteiger partial charge is 0.384 e. The molecule has 0 spiro atoms. The summed E-state index contributed by atoms with van der Waals surface area (Å²) in [6.07, 6.45) is 13.5. The van der Waals surface area contributed by atoms with Crippen molar-refractivity contribution in [2.45, 2.75) is 70.6 Å². The molecule has 2 fully saturated rings. The molecule has 3 aliphatic rings. The number of aliphatic imine (C=N–C) groups is 1. The quantitative estimate of drug-likeness (QED) is 0.267. The molecule has 3 heteroatoms. The predicted molar refractivity (Wildman–Crippen MR) is 157 cm³/mol. The first-order valence-corrected chi connectivity index (χ1v) is 14.3. The number of nitrogen functional groups attached to an aromatic ring is 1. The molecule has 3 aromatic carbocycles. The Bertz CT molecular complexity index is 1400. The standard InChI is InChI=1S/C34H39N3/c1-21(2)8-9-24-16-28(17-25-12-13-27(34(35)36)19-29(24)25)31-20-30(31)26-11-10-22-14-15-37-33(32(22)18-26)23-6-4-3-5-7-23/h8-13,16-19,21,23,30-31H,3-7,14-15,20H2,1-2H3,(H3,35,36). The number of fused-ring (bicyclic) bond motifs is 2. The fourth-order valence-electron chi connectivity index (χ4n) is 6.55. The van der Waals surface area contributed by atoms with Crippen molar-refractivity contribution in [2.75, 3.05) is 6.54 Å². The SMILES string of the molecule is CC(C)C=Cc1cc(C2CC2c2ccc3c(c2)C(C2CCCCC2)=NCC3)cc2ccc(C(=N)N)cc12. The molecular formula is C34H39N3. The maximum absolute atomic E-state index is 7.89. The highest BCUT2D eigenvalue weighted by molar-refractivity contribution is 6.04. The normalized spacial score (nSPS) is 21.9. The summed E-state index contributed by atoms with van der Waals surface area (Å²) in [4.78, 5) is 5.08. The van der Waals surface area contributed by atoms with Crippen molar-refractivity contribution in [1.29, 1.82) is 5.41 Å². The molecule has 37 heavy (non-hydrogen) atoms. The van der Waals surface area contributed by atoms with Gasteiger partial charge in [-0.3, -0.25) is 10.4 Å². The monoisotopic (exact) mass is 489 g/mol. The van der Waals surface area contributed by atoms with Crippen LogP contribution in [0.3, 0.4) is 0 Å². The summed E-state index contributed by atoms with van der Waals surface area (Å²) in [6.45, 7) is 5.38. The molecule has 1 aliphatic heterocycles. The second kappa shape index (κ2) is 9.93. The van der Waals surface area contributed by atoms with Crippen LogP contribution >= 0.6 is 0 Å². The average Bonchev–Trinajstić information content (AvgIpc) is 3.72. The molecule has 0 amide bonds. The van der Waals surface area contributed by atoms with Gasteiger partial charge in [0.05, 0.1) is 0 Å². The predicted octanol–water partition coefficient (Wildman–Crippen LogP) is 7.99. The van der Waals surface area contributed by atoms with Gasteiger partial charge in [0.15, 0.2) is 0 Å². The van der Waals surface area contributed by atoms with Crippen LogP contribution in [0, 0.1) is 17.2 Å². The van der Waals surface area contributed by atoms with Crippen molar-refractivity contribution >= 4 is 28.4 Å². The van der Waals surface area contributed by atoms with E-state index in [0.717, 1.165) is 18.5 Å². The molecule has 2 atom stereocenters. The first kappa shape index (κ1) is 24.2. The minimum Gasteiger partial charge on any atom is -0.384 e. The van der Waals surface area contributed by atoms with Crippen LogP contribution in [0.25, 0.3) is 16.8 Å². The molecule has 0 radical (unpaired) electrons. The zero-order chi connectivity index (χ0) is 25.5. The van der Waals surface area contributed by atoms with E-state index in [1.54, 1.807) is 0 Å². The molecule has 1 heterocycles. The summed E-state index contributed by atoms with van der Waals surface area (Å²) in [6, 6.07) is 18.2. The third-order valence-electron chi connectivity index (χ3n) is 8.69. The number of nitrogens with zero attached hydrogens (tertiary/aromatic N) is 1. The summed E-state index contributed by atoms with van der Waals surface area (Å²) >= 11 is 0. The van der Waals surface area contributed by atoms with E-state index in [1.165, 1.54) is 82.8 Å². The van der Waals surface area contributed by atoms with Gasteiger partial charge in [-0.2, -0.15) is 0 Å². The summed E-state index contributed by atoms with van der Waals surface area (Å²) in [5.41, 5.74) is 15.1. The van der Waals surface area contributed by atoms with Crippen molar-refractivity contribution in [3.63, 3.8) is 0 Å². The molecule has 190 valence electrons. The summed E-state index contributed by atoms with van der Waals surface area (Å²) < 4.78 is 0. The first-order chi connectivity index (χ1) is 18.0. The van der Waals surface area contributed by atoms with E-state index in [9.17, 15) is 0 Å². The van der Waals surface area contributed by atoms with Crippen LogP contribution in [-0.2, 0) is 6.42 Å². The van der Waals surface area contributed by atoms with Crippen molar-refractivity contribution < 1.29 is 0 Å². The highest BCUT2D eigenvalue weighted by Gasteiger charge is 2.40. The third kappa shape index (κ3) is 4.89. The minimum absolute atomic E-state index is 0.121. The average molecular weight is 490 g/mol. The van der Waals surface area contributed by atoms with Gasteiger partial charge >= 0.3 is 0 Å². The van der Waals surface area contributed by atoms with Crippen LogP contribution in [0.5, 0.6) is 0 Å². The smallest absolute Gasteiger partial charge is 0.122 e. The number of nitrogens with two attached hydrogens (primary N) is 1. The van der Waals surface area contributed by atoms with Gasteiger partial charge in [-0.15, -0.1) is 0 Å². The van der Waals surface area contributed by atoms with Gasteiger partial charge in [-0.25, -0.2) is 0 Å². The highest BCUT2D eigenvalue weighted by atomic mass is 14.8. The molecule has 2 aliphatic carbocycles. The van der Waals surface area contributed by atoms with Crippen LogP contribution in [0.1, 0.15) is 97.6 Å². The molecule has 0 bridgehead atoms. The highest BCUT2D eigenvalue weighted by Crippen LogP contribution is 2.55. The second-order valence-corrected chi connectivity index (χ2v) is 11.8. The Balaban J connectivity index is 1.32. The lowest BCUT2D eigenvalue weighted by molar-refractivity contribution is 0.438. The molecule has 0 aromatic heterocycles. The van der Waals surface area contributed by atoms with Gasteiger partial charge in [-0.1, -0.05) is 81.7 Å². The lowest BCUT2D eigenvalue weighted by Gasteiger charge is -2.27. The van der Waals surface area contributed by atoms with E-state index >= 15 is 0 Å². The Labute approximate surface area is 221 Å². The maximum Gasteiger partial charge on any atom is 0.122 e. The Morgan fingerprint density at radius 3 is 2.57 bits per heavy atom. The van der Waals surface area contributed by atoms with E-state index < -0.39 is 0 Å². The maximum atomic E-state index is 7.89. The number of benzene rings is 3. The van der Waals surface area contributed by atoms with Crippen LogP contribution in [0.2, 0.25) is 0 Å². The van der Waals surface area contributed by atoms with E-state index in [0.29, 0.717) is 23.7 Å². The molecule has 6 rings (SSSR count). The zero-order valence-corrected chi connectivity index (χ0v) is 22.3. The van der Waals surface area contributed by atoms with Gasteiger partial charge < -0.3 is 5.73 Å². The van der Waals surface area contributed by atoms with Crippen molar-refractivity contribution in [2.24, 2.45) is 22.6 Å². The zero-order valence-electron chi connectivity index (χ0n) is 22.3. The van der Waals surface area contributed by atoms with Crippen LogP contribution in [0.15, 0.2) is 59.6 Å². The Hall–Kier alpha value is -3.20. The Kier molecular flexibility index (Phi) is 6.48. The van der Waals surface area contributed by atoms with E-state index in [4.69, 9.17) is 16.1 Å². The van der Waals surface area contributed by atoms with Gasteiger partial charge in [0.1, 0.15) is 5.84 Å². The van der Waals surface area contributed by atoms with E-state index in [-0.39, 0.29) is 5.84 Å². The summed E-state index contributed by atoms with van der Waals surface area (Å²) in [5.74, 6) is 2.40. The van der Waals surface area contributed by atoms with E-state index in [2.05, 4.69) is 68.5 Å². The summed E-state index contributed by atoms with van der Waals surface area (Å²) in [5, 5.41) is 10.3. The number of nitrogens with one attached hydrogen (secondary N) is 1. The van der Waals surface area contributed by atoms with Crippen LogP contribution in [0.4, 0.5) is 0 Å². The fraction of sp³-hybridized carbons (Fsp3) is 0.412.